The molecule has 2 aliphatic heterocycles. The maximum absolute atomic E-state index is 14.7. The highest BCUT2D eigenvalue weighted by atomic mass is 79.9. The zero-order valence-electron chi connectivity index (χ0n) is 31.2. The number of nitrogens with two attached hydrogens (primary N) is 1. The predicted molar refractivity (Wildman–Crippen MR) is 205 cm³/mol. The molecule has 290 valence electrons. The van der Waals surface area contributed by atoms with Crippen LogP contribution in [0.4, 0.5) is 0 Å². The summed E-state index contributed by atoms with van der Waals surface area (Å²) in [6.07, 6.45) is -1.66. The molecule has 15 heteroatoms. The minimum atomic E-state index is -1.68. The summed E-state index contributed by atoms with van der Waals surface area (Å²) in [5.74, 6) is -4.14. The number of carbonyl (C=O) groups excluding carboxylic acids is 5. The Morgan fingerprint density at radius 3 is 1.45 bits per heavy atom. The molecule has 0 aliphatic carbocycles. The zero-order chi connectivity index (χ0) is 39.2. The van der Waals surface area contributed by atoms with Gasteiger partial charge in [0.2, 0.25) is 23.6 Å². The fraction of sp³-hybridized carbons (Fsp3) is 0.553. The largest absolute Gasteiger partial charge is 0.467 e. The second-order valence-corrected chi connectivity index (χ2v) is 16.5. The molecule has 0 bridgehead atoms. The smallest absolute Gasteiger partial charge is 0.328 e. The standard InChI is InChI=1S/C38H51Br2N5O8/c1-20(2)27(41)32(46)44-37(16-18-52-30(37)23-8-12-25(39)13-9-23)35(49)42-28(21(3)4)33(47)45-38(36(50)43-29(22(5)6)34(48)51-7)17-19-53-31(38)24-10-14-26(40)15-11-24/h8-15,20-22,27-31H,16-19,41H2,1-7H3,(H,42,49)(H,43,50)(H,44,46)(H,45,47)/t27-,28-,29-,30+,31+,37-,38-/m0/s1. The first-order chi connectivity index (χ1) is 25.0. The summed E-state index contributed by atoms with van der Waals surface area (Å²) < 4.78 is 18.9. The highest BCUT2D eigenvalue weighted by Crippen LogP contribution is 2.41. The van der Waals surface area contributed by atoms with Crippen LogP contribution in [0.5, 0.6) is 0 Å². The molecule has 13 nitrogen and oxygen atoms in total. The number of rotatable bonds is 14. The molecule has 6 N–H and O–H groups in total. The van der Waals surface area contributed by atoms with Gasteiger partial charge in [-0.2, -0.15) is 0 Å². The molecule has 2 saturated heterocycles. The number of esters is 1. The van der Waals surface area contributed by atoms with Crippen LogP contribution in [-0.2, 0) is 38.2 Å². The van der Waals surface area contributed by atoms with Gasteiger partial charge in [-0.15, -0.1) is 0 Å². The predicted octanol–water partition coefficient (Wildman–Crippen LogP) is 3.98. The van der Waals surface area contributed by atoms with Gasteiger partial charge in [0.25, 0.3) is 0 Å². The van der Waals surface area contributed by atoms with E-state index in [9.17, 15) is 24.0 Å². The van der Waals surface area contributed by atoms with Crippen LogP contribution in [0.25, 0.3) is 0 Å². The molecule has 0 spiro atoms. The number of hydrogen-bond donors (Lipinski definition) is 5. The second-order valence-electron chi connectivity index (χ2n) is 14.7. The number of halogens is 2. The van der Waals surface area contributed by atoms with Crippen molar-refractivity contribution >= 4 is 61.5 Å². The zero-order valence-corrected chi connectivity index (χ0v) is 34.3. The van der Waals surface area contributed by atoms with Crippen molar-refractivity contribution in [3.8, 4) is 0 Å². The van der Waals surface area contributed by atoms with Gasteiger partial charge in [-0.1, -0.05) is 97.7 Å². The SMILES string of the molecule is COC(=O)[C@@H](NC(=O)[C@]1(NC(=O)[C@@H](NC(=O)[C@]2(NC(=O)[C@@H](N)C(C)C)CCO[C@@H]2c2ccc(Br)cc2)C(C)C)CCO[C@@H]1c1ccc(Br)cc1)C(C)C. The third-order valence-electron chi connectivity index (χ3n) is 9.97. The molecule has 0 radical (unpaired) electrons. The molecule has 2 aliphatic rings. The van der Waals surface area contributed by atoms with E-state index in [-0.39, 0.29) is 37.9 Å². The highest BCUT2D eigenvalue weighted by molar-refractivity contribution is 9.10. The van der Waals surface area contributed by atoms with Gasteiger partial charge in [-0.25, -0.2) is 4.79 Å². The Morgan fingerprint density at radius 1 is 0.679 bits per heavy atom. The van der Waals surface area contributed by atoms with Crippen molar-refractivity contribution in [3.05, 3.63) is 68.6 Å². The third-order valence-corrected chi connectivity index (χ3v) is 11.0. The summed E-state index contributed by atoms with van der Waals surface area (Å²) in [4.78, 5) is 69.9. The molecule has 0 saturated carbocycles. The normalized spacial score (nSPS) is 24.4. The number of hydrogen-bond acceptors (Lipinski definition) is 9. The number of ether oxygens (including phenoxy) is 3. The molecule has 7 atom stereocenters. The maximum atomic E-state index is 14.7. The Kier molecular flexibility index (Phi) is 14.3. The van der Waals surface area contributed by atoms with Gasteiger partial charge >= 0.3 is 5.97 Å². The van der Waals surface area contributed by atoms with Gasteiger partial charge in [0, 0.05) is 21.8 Å². The molecule has 0 aromatic heterocycles. The van der Waals surface area contributed by atoms with Crippen LogP contribution in [-0.4, -0.2) is 79.1 Å². The fourth-order valence-corrected chi connectivity index (χ4v) is 7.23. The van der Waals surface area contributed by atoms with E-state index < -0.39 is 76.9 Å². The summed E-state index contributed by atoms with van der Waals surface area (Å²) >= 11 is 6.88. The number of carbonyl (C=O) groups is 5. The summed E-state index contributed by atoms with van der Waals surface area (Å²) in [6, 6.07) is 11.3. The lowest BCUT2D eigenvalue weighted by molar-refractivity contribution is -0.148. The minimum absolute atomic E-state index is 0.0720. The van der Waals surface area contributed by atoms with Gasteiger partial charge in [-0.05, 0) is 53.1 Å². The minimum Gasteiger partial charge on any atom is -0.467 e. The van der Waals surface area contributed by atoms with Crippen LogP contribution < -0.4 is 27.0 Å². The topological polar surface area (TPSA) is 187 Å². The average Bonchev–Trinajstić information content (AvgIpc) is 3.74. The van der Waals surface area contributed by atoms with Crippen LogP contribution in [0.3, 0.4) is 0 Å². The van der Waals surface area contributed by atoms with Crippen molar-refractivity contribution in [3.63, 3.8) is 0 Å². The number of benzene rings is 2. The van der Waals surface area contributed by atoms with Crippen LogP contribution >= 0.6 is 31.9 Å². The second kappa shape index (κ2) is 17.8. The molecule has 4 amide bonds. The van der Waals surface area contributed by atoms with E-state index in [4.69, 9.17) is 19.9 Å². The van der Waals surface area contributed by atoms with E-state index in [0.29, 0.717) is 11.1 Å². The first-order valence-electron chi connectivity index (χ1n) is 17.8. The molecule has 4 rings (SSSR count). The van der Waals surface area contributed by atoms with Gasteiger partial charge < -0.3 is 41.2 Å². The molecular formula is C38H51Br2N5O8. The fourth-order valence-electron chi connectivity index (χ4n) is 6.70. The lowest BCUT2D eigenvalue weighted by Gasteiger charge is -2.39. The summed E-state index contributed by atoms with van der Waals surface area (Å²) in [5, 5.41) is 11.6. The van der Waals surface area contributed by atoms with Crippen LogP contribution in [0.2, 0.25) is 0 Å². The van der Waals surface area contributed by atoms with Crippen LogP contribution in [0, 0.1) is 17.8 Å². The Hall–Kier alpha value is -3.37. The van der Waals surface area contributed by atoms with Gasteiger partial charge in [0.15, 0.2) is 11.1 Å². The first-order valence-corrected chi connectivity index (χ1v) is 19.4. The van der Waals surface area contributed by atoms with Crippen molar-refractivity contribution < 1.29 is 38.2 Å². The molecule has 0 unspecified atom stereocenters. The lowest BCUT2D eigenvalue weighted by atomic mass is 9.83. The highest BCUT2D eigenvalue weighted by Gasteiger charge is 2.56. The molecule has 2 aromatic rings. The molecular weight excluding hydrogens is 814 g/mol. The van der Waals surface area contributed by atoms with Crippen molar-refractivity contribution in [1.82, 2.24) is 21.3 Å². The van der Waals surface area contributed by atoms with E-state index in [2.05, 4.69) is 53.1 Å². The summed E-state index contributed by atoms with van der Waals surface area (Å²) in [7, 11) is 1.24. The van der Waals surface area contributed by atoms with E-state index in [1.807, 2.05) is 26.0 Å². The lowest BCUT2D eigenvalue weighted by Crippen LogP contribution is -2.68. The average molecular weight is 866 g/mol. The van der Waals surface area contributed by atoms with Gasteiger partial charge in [0.05, 0.1) is 26.4 Å². The van der Waals surface area contributed by atoms with E-state index in [1.165, 1.54) is 7.11 Å². The Morgan fingerprint density at radius 2 is 1.08 bits per heavy atom. The van der Waals surface area contributed by atoms with E-state index in [0.717, 1.165) is 8.95 Å². The molecule has 2 fully saturated rings. The quantitative estimate of drug-likeness (QED) is 0.175. The van der Waals surface area contributed by atoms with Crippen molar-refractivity contribution in [2.24, 2.45) is 23.5 Å². The van der Waals surface area contributed by atoms with E-state index in [1.54, 1.807) is 64.1 Å². The van der Waals surface area contributed by atoms with Crippen molar-refractivity contribution in [1.29, 1.82) is 0 Å². The molecule has 2 aromatic carbocycles. The Balaban J connectivity index is 1.73. The van der Waals surface area contributed by atoms with E-state index >= 15 is 0 Å². The third kappa shape index (κ3) is 9.30. The first kappa shape index (κ1) is 42.4. The molecule has 2 heterocycles. The van der Waals surface area contributed by atoms with Crippen LogP contribution in [0.15, 0.2) is 57.5 Å². The van der Waals surface area contributed by atoms with Gasteiger partial charge in [-0.3, -0.25) is 19.2 Å². The molecule has 53 heavy (non-hydrogen) atoms. The van der Waals surface area contributed by atoms with Crippen LogP contribution in [0.1, 0.15) is 77.7 Å². The Labute approximate surface area is 327 Å². The summed E-state index contributed by atoms with van der Waals surface area (Å²) in [6.45, 7) is 10.9. The van der Waals surface area contributed by atoms with Crippen molar-refractivity contribution in [2.75, 3.05) is 20.3 Å². The number of methoxy groups -OCH3 is 1. The maximum Gasteiger partial charge on any atom is 0.328 e. The summed E-state index contributed by atoms with van der Waals surface area (Å²) in [5.41, 5.74) is 4.20. The monoisotopic (exact) mass is 863 g/mol. The van der Waals surface area contributed by atoms with Crippen molar-refractivity contribution in [2.45, 2.75) is 95.8 Å². The Bertz CT molecular complexity index is 1640. The number of amides is 4. The van der Waals surface area contributed by atoms with Gasteiger partial charge in [0.1, 0.15) is 24.3 Å². The number of nitrogens with one attached hydrogen (secondary N) is 4.